The SMILES string of the molecule is CN/C=C\NCCNC(=O)c1ccc2c(c1)S/C(=C(/C(N)=O)c1nccc(C(F)(F)F)n1)N2. The molecule has 6 N–H and O–H groups in total. The van der Waals surface area contributed by atoms with E-state index in [0.29, 0.717) is 35.3 Å². The number of rotatable bonds is 8. The molecule has 3 rings (SSSR count). The number of hydrogen-bond donors (Lipinski definition) is 5. The normalized spacial score (nSPS) is 14.4. The molecule has 0 saturated heterocycles. The van der Waals surface area contributed by atoms with Crippen molar-refractivity contribution in [2.24, 2.45) is 5.73 Å². The zero-order valence-electron chi connectivity index (χ0n) is 17.3. The van der Waals surface area contributed by atoms with E-state index in [9.17, 15) is 22.8 Å². The average molecular weight is 479 g/mol. The van der Waals surface area contributed by atoms with E-state index in [1.165, 1.54) is 0 Å². The Hall–Kier alpha value is -3.74. The van der Waals surface area contributed by atoms with E-state index in [2.05, 4.69) is 31.2 Å². The van der Waals surface area contributed by atoms with Crippen molar-refractivity contribution in [1.29, 1.82) is 0 Å². The number of halogens is 3. The lowest BCUT2D eigenvalue weighted by molar-refractivity contribution is -0.141. The van der Waals surface area contributed by atoms with Gasteiger partial charge in [-0.15, -0.1) is 0 Å². The van der Waals surface area contributed by atoms with Gasteiger partial charge < -0.3 is 27.0 Å². The van der Waals surface area contributed by atoms with E-state index in [1.54, 1.807) is 37.6 Å². The predicted octanol–water partition coefficient (Wildman–Crippen LogP) is 1.88. The second-order valence-electron chi connectivity index (χ2n) is 6.60. The van der Waals surface area contributed by atoms with Crippen molar-refractivity contribution in [3.8, 4) is 0 Å². The summed E-state index contributed by atoms with van der Waals surface area (Å²) in [5.74, 6) is -1.74. The van der Waals surface area contributed by atoms with Crippen LogP contribution in [0, 0.1) is 0 Å². The van der Waals surface area contributed by atoms with Crippen LogP contribution < -0.4 is 27.0 Å². The van der Waals surface area contributed by atoms with Gasteiger partial charge in [0.15, 0.2) is 5.82 Å². The summed E-state index contributed by atoms with van der Waals surface area (Å²) in [6.07, 6.45) is -0.372. The Balaban J connectivity index is 1.78. The van der Waals surface area contributed by atoms with Gasteiger partial charge in [-0.05, 0) is 24.3 Å². The molecule has 2 amide bonds. The number of benzene rings is 1. The number of amides is 2. The number of anilines is 1. The van der Waals surface area contributed by atoms with Crippen LogP contribution in [0.5, 0.6) is 0 Å². The van der Waals surface area contributed by atoms with Crippen molar-refractivity contribution in [2.45, 2.75) is 11.1 Å². The maximum Gasteiger partial charge on any atom is 0.433 e. The summed E-state index contributed by atoms with van der Waals surface area (Å²) < 4.78 is 39.1. The van der Waals surface area contributed by atoms with Gasteiger partial charge in [-0.3, -0.25) is 9.59 Å². The van der Waals surface area contributed by atoms with Gasteiger partial charge in [0.2, 0.25) is 0 Å². The molecule has 0 saturated carbocycles. The molecule has 0 bridgehead atoms. The molecular weight excluding hydrogens is 459 g/mol. The minimum Gasteiger partial charge on any atom is -0.393 e. The van der Waals surface area contributed by atoms with E-state index in [-0.39, 0.29) is 16.5 Å². The summed E-state index contributed by atoms with van der Waals surface area (Å²) in [7, 11) is 1.76. The zero-order chi connectivity index (χ0) is 24.0. The molecule has 174 valence electrons. The number of primary amides is 1. The van der Waals surface area contributed by atoms with Gasteiger partial charge in [-0.1, -0.05) is 11.8 Å². The van der Waals surface area contributed by atoms with Crippen LogP contribution in [0.4, 0.5) is 18.9 Å². The van der Waals surface area contributed by atoms with Gasteiger partial charge >= 0.3 is 6.18 Å². The van der Waals surface area contributed by atoms with Gasteiger partial charge in [0.1, 0.15) is 11.3 Å². The molecule has 0 unspecified atom stereocenters. The highest BCUT2D eigenvalue weighted by Gasteiger charge is 2.34. The summed E-state index contributed by atoms with van der Waals surface area (Å²) in [5.41, 5.74) is 4.90. The molecule has 9 nitrogen and oxygen atoms in total. The number of carbonyl (C=O) groups excluding carboxylic acids is 2. The summed E-state index contributed by atoms with van der Waals surface area (Å²) in [5, 5.41) is 11.7. The summed E-state index contributed by atoms with van der Waals surface area (Å²) in [6.45, 7) is 0.913. The third-order valence-corrected chi connectivity index (χ3v) is 5.34. The summed E-state index contributed by atoms with van der Waals surface area (Å²) in [6, 6.07) is 5.52. The Morgan fingerprint density at radius 2 is 2.00 bits per heavy atom. The largest absolute Gasteiger partial charge is 0.433 e. The maximum absolute atomic E-state index is 13.0. The highest BCUT2D eigenvalue weighted by atomic mass is 32.2. The molecule has 0 fully saturated rings. The van der Waals surface area contributed by atoms with Gasteiger partial charge in [0.05, 0.1) is 10.7 Å². The first-order chi connectivity index (χ1) is 15.7. The number of carbonyl (C=O) groups is 2. The standard InChI is InChI=1S/C20H20F3N7O2S/c1-25-6-7-26-8-9-28-18(32)11-2-3-12-13(10-11)33-19(29-12)15(16(24)31)17-27-5-4-14(30-17)20(21,22)23/h2-7,10,25-26,29H,8-9H2,1H3,(H2,24,31)(H,28,32)/b7-6-,19-15-. The number of aromatic nitrogens is 2. The fourth-order valence-corrected chi connectivity index (χ4v) is 3.85. The zero-order valence-corrected chi connectivity index (χ0v) is 18.1. The maximum atomic E-state index is 13.0. The lowest BCUT2D eigenvalue weighted by atomic mass is 10.2. The number of alkyl halides is 3. The molecule has 2 heterocycles. The third kappa shape index (κ3) is 5.94. The first-order valence-electron chi connectivity index (χ1n) is 9.58. The third-order valence-electron chi connectivity index (χ3n) is 4.27. The van der Waals surface area contributed by atoms with Crippen molar-refractivity contribution in [2.75, 3.05) is 25.5 Å². The number of nitrogens with one attached hydrogen (secondary N) is 4. The highest BCUT2D eigenvalue weighted by Crippen LogP contribution is 2.44. The molecule has 0 radical (unpaired) electrons. The number of fused-ring (bicyclic) bond motifs is 1. The first-order valence-corrected chi connectivity index (χ1v) is 10.4. The van der Waals surface area contributed by atoms with Crippen LogP contribution in [-0.4, -0.2) is 41.9 Å². The van der Waals surface area contributed by atoms with Crippen molar-refractivity contribution in [1.82, 2.24) is 25.9 Å². The predicted molar refractivity (Wildman–Crippen MR) is 118 cm³/mol. The number of nitrogens with zero attached hydrogens (tertiary/aromatic N) is 2. The summed E-state index contributed by atoms with van der Waals surface area (Å²) >= 11 is 1.05. The minimum absolute atomic E-state index is 0.176. The van der Waals surface area contributed by atoms with Gasteiger partial charge in [0, 0.05) is 49.2 Å². The van der Waals surface area contributed by atoms with Crippen LogP contribution in [0.2, 0.25) is 0 Å². The molecule has 1 aromatic heterocycles. The number of hydrogen-bond acceptors (Lipinski definition) is 8. The summed E-state index contributed by atoms with van der Waals surface area (Å²) in [4.78, 5) is 32.3. The van der Waals surface area contributed by atoms with E-state index < -0.39 is 23.6 Å². The molecule has 0 atom stereocenters. The molecule has 0 aliphatic carbocycles. The van der Waals surface area contributed by atoms with Crippen LogP contribution in [0.3, 0.4) is 0 Å². The minimum atomic E-state index is -4.70. The molecule has 13 heteroatoms. The monoisotopic (exact) mass is 479 g/mol. The van der Waals surface area contributed by atoms with Gasteiger partial charge in [0.25, 0.3) is 11.8 Å². The van der Waals surface area contributed by atoms with E-state index in [0.717, 1.165) is 18.0 Å². The fourth-order valence-electron chi connectivity index (χ4n) is 2.76. The molecule has 0 spiro atoms. The average Bonchev–Trinajstić information content (AvgIpc) is 3.18. The molecule has 2 aromatic rings. The number of thioether (sulfide) groups is 1. The Labute approximate surface area is 191 Å². The molecule has 1 aromatic carbocycles. The van der Waals surface area contributed by atoms with Gasteiger partial charge in [-0.2, -0.15) is 13.2 Å². The van der Waals surface area contributed by atoms with Crippen LogP contribution in [0.1, 0.15) is 21.9 Å². The second-order valence-corrected chi connectivity index (χ2v) is 7.65. The van der Waals surface area contributed by atoms with Gasteiger partial charge in [-0.25, -0.2) is 9.97 Å². The lowest BCUT2D eigenvalue weighted by Gasteiger charge is -2.09. The second kappa shape index (κ2) is 10.3. The van der Waals surface area contributed by atoms with E-state index >= 15 is 0 Å². The Morgan fingerprint density at radius 1 is 1.21 bits per heavy atom. The van der Waals surface area contributed by atoms with Crippen molar-refractivity contribution in [3.05, 3.63) is 65.0 Å². The van der Waals surface area contributed by atoms with Crippen LogP contribution in [0.25, 0.3) is 5.57 Å². The Kier molecular flexibility index (Phi) is 7.43. The van der Waals surface area contributed by atoms with Crippen LogP contribution >= 0.6 is 11.8 Å². The topological polar surface area (TPSA) is 134 Å². The van der Waals surface area contributed by atoms with Crippen LogP contribution in [-0.2, 0) is 11.0 Å². The van der Waals surface area contributed by atoms with Crippen LogP contribution in [0.15, 0.2) is 52.8 Å². The quantitative estimate of drug-likeness (QED) is 0.286. The lowest BCUT2D eigenvalue weighted by Crippen LogP contribution is -2.30. The number of nitrogens with two attached hydrogens (primary N) is 1. The first kappa shape index (κ1) is 23.9. The Bertz CT molecular complexity index is 1120. The van der Waals surface area contributed by atoms with Crippen molar-refractivity contribution in [3.63, 3.8) is 0 Å². The van der Waals surface area contributed by atoms with E-state index in [1.807, 2.05) is 0 Å². The fraction of sp³-hybridized carbons (Fsp3) is 0.200. The Morgan fingerprint density at radius 3 is 2.70 bits per heavy atom. The highest BCUT2D eigenvalue weighted by molar-refractivity contribution is 8.04. The molecule has 33 heavy (non-hydrogen) atoms. The molecule has 1 aliphatic heterocycles. The molecular formula is C20H20F3N7O2S. The molecule has 1 aliphatic rings. The van der Waals surface area contributed by atoms with Crippen molar-refractivity contribution < 1.29 is 22.8 Å². The van der Waals surface area contributed by atoms with E-state index in [4.69, 9.17) is 5.73 Å². The van der Waals surface area contributed by atoms with Crippen molar-refractivity contribution >= 4 is 34.8 Å². The smallest absolute Gasteiger partial charge is 0.393 e.